The van der Waals surface area contributed by atoms with Crippen molar-refractivity contribution in [3.05, 3.63) is 28.8 Å². The van der Waals surface area contributed by atoms with Crippen molar-refractivity contribution in [1.29, 1.82) is 0 Å². The molecular weight excluding hydrogens is 343 g/mol. The number of benzene rings is 1. The number of thioether (sulfide) groups is 1. The van der Waals surface area contributed by atoms with E-state index in [0.717, 1.165) is 6.07 Å². The minimum atomic E-state index is -4.66. The topological polar surface area (TPSA) is 70.6 Å². The maximum atomic E-state index is 12.7. The largest absolute Gasteiger partial charge is 0.417 e. The van der Waals surface area contributed by atoms with Crippen molar-refractivity contribution >= 4 is 46.0 Å². The van der Waals surface area contributed by atoms with Gasteiger partial charge in [-0.2, -0.15) is 13.2 Å². The first kappa shape index (κ1) is 16.6. The van der Waals surface area contributed by atoms with Crippen LogP contribution in [-0.4, -0.2) is 29.3 Å². The number of nitrogens with one attached hydrogen (secondary N) is 2. The number of aliphatic imine (C=N–C) groups is 1. The van der Waals surface area contributed by atoms with Crippen molar-refractivity contribution in [3.8, 4) is 0 Å². The number of amidine groups is 1. The fraction of sp³-hybridized carbons (Fsp3) is 0.250. The van der Waals surface area contributed by atoms with E-state index in [1.807, 2.05) is 0 Å². The molecule has 0 aliphatic carbocycles. The van der Waals surface area contributed by atoms with Gasteiger partial charge in [-0.15, -0.1) is 0 Å². The fourth-order valence-electron chi connectivity index (χ4n) is 1.57. The van der Waals surface area contributed by atoms with Gasteiger partial charge in [0, 0.05) is 11.4 Å². The molecule has 5 nitrogen and oxygen atoms in total. The van der Waals surface area contributed by atoms with E-state index in [4.69, 9.17) is 11.6 Å². The molecule has 1 heterocycles. The van der Waals surface area contributed by atoms with Crippen LogP contribution in [0.1, 0.15) is 5.56 Å². The fourth-order valence-corrected chi connectivity index (χ4v) is 2.52. The lowest BCUT2D eigenvalue weighted by Crippen LogP contribution is -2.37. The molecule has 0 saturated carbocycles. The van der Waals surface area contributed by atoms with Crippen molar-refractivity contribution in [2.75, 3.05) is 17.6 Å². The van der Waals surface area contributed by atoms with Gasteiger partial charge in [0.15, 0.2) is 5.17 Å². The Morgan fingerprint density at radius 2 is 1.91 bits per heavy atom. The van der Waals surface area contributed by atoms with Crippen LogP contribution in [0.5, 0.6) is 0 Å². The average Bonchev–Trinajstić information content (AvgIpc) is 2.92. The lowest BCUT2D eigenvalue weighted by Gasteiger charge is -2.11. The highest BCUT2D eigenvalue weighted by molar-refractivity contribution is 8.14. The molecule has 0 radical (unpaired) electrons. The summed E-state index contributed by atoms with van der Waals surface area (Å²) in [5.41, 5.74) is -1.28. The van der Waals surface area contributed by atoms with Gasteiger partial charge in [-0.25, -0.2) is 0 Å². The molecular formula is C12H9ClF3N3O2S. The summed E-state index contributed by atoms with van der Waals surface area (Å²) in [4.78, 5) is 27.2. The molecule has 0 fully saturated rings. The molecule has 2 amide bonds. The van der Waals surface area contributed by atoms with Crippen molar-refractivity contribution in [2.24, 2.45) is 4.99 Å². The molecule has 0 atom stereocenters. The second kappa shape index (κ2) is 6.57. The molecule has 0 unspecified atom stereocenters. The third-order valence-corrected chi connectivity index (χ3v) is 3.76. The zero-order chi connectivity index (χ0) is 16.3. The van der Waals surface area contributed by atoms with E-state index < -0.39 is 28.6 Å². The first-order chi connectivity index (χ1) is 10.3. The number of amides is 2. The van der Waals surface area contributed by atoms with Crippen molar-refractivity contribution in [1.82, 2.24) is 5.32 Å². The molecule has 1 aromatic rings. The molecule has 22 heavy (non-hydrogen) atoms. The highest BCUT2D eigenvalue weighted by Gasteiger charge is 2.33. The van der Waals surface area contributed by atoms with Gasteiger partial charge in [-0.1, -0.05) is 23.4 Å². The minimum Gasteiger partial charge on any atom is -0.318 e. The average molecular weight is 352 g/mol. The lowest BCUT2D eigenvalue weighted by atomic mass is 10.2. The Bertz CT molecular complexity index is 649. The van der Waals surface area contributed by atoms with E-state index in [1.54, 1.807) is 0 Å². The predicted molar refractivity (Wildman–Crippen MR) is 78.0 cm³/mol. The predicted octanol–water partition coefficient (Wildman–Crippen LogP) is 2.52. The van der Waals surface area contributed by atoms with Gasteiger partial charge in [0.2, 0.25) is 0 Å². The molecule has 0 spiro atoms. The van der Waals surface area contributed by atoms with Gasteiger partial charge in [-0.05, 0) is 18.2 Å². The van der Waals surface area contributed by atoms with Gasteiger partial charge in [0.05, 0.1) is 17.1 Å². The number of halogens is 4. The van der Waals surface area contributed by atoms with Crippen LogP contribution in [0.4, 0.5) is 18.9 Å². The molecule has 1 aliphatic rings. The Kier molecular flexibility index (Phi) is 4.97. The molecule has 2 N–H and O–H groups in total. The highest BCUT2D eigenvalue weighted by atomic mass is 35.5. The monoisotopic (exact) mass is 351 g/mol. The van der Waals surface area contributed by atoms with Gasteiger partial charge < -0.3 is 5.32 Å². The zero-order valence-corrected chi connectivity index (χ0v) is 12.4. The number of hydrogen-bond donors (Lipinski definition) is 2. The van der Waals surface area contributed by atoms with E-state index in [2.05, 4.69) is 15.6 Å². The van der Waals surface area contributed by atoms with Crippen LogP contribution in [0, 0.1) is 0 Å². The van der Waals surface area contributed by atoms with E-state index in [-0.39, 0.29) is 5.69 Å². The second-order valence-corrected chi connectivity index (χ2v) is 5.63. The summed E-state index contributed by atoms with van der Waals surface area (Å²) < 4.78 is 38.1. The van der Waals surface area contributed by atoms with Crippen LogP contribution < -0.4 is 10.6 Å². The summed E-state index contributed by atoms with van der Waals surface area (Å²) in [6, 6.07) is 2.83. The summed E-state index contributed by atoms with van der Waals surface area (Å²) in [6.45, 7) is 0.536. The lowest BCUT2D eigenvalue weighted by molar-refractivity contribution is -0.137. The van der Waals surface area contributed by atoms with Crippen LogP contribution in [-0.2, 0) is 15.8 Å². The SMILES string of the molecule is O=C(NC1=NCCS1)C(=O)Nc1ccc(Cl)c(C(F)(F)F)c1. The molecule has 10 heteroatoms. The van der Waals surface area contributed by atoms with Crippen molar-refractivity contribution in [2.45, 2.75) is 6.18 Å². The normalized spacial score (nSPS) is 14.5. The van der Waals surface area contributed by atoms with Crippen LogP contribution in [0.25, 0.3) is 0 Å². The van der Waals surface area contributed by atoms with Crippen molar-refractivity contribution < 1.29 is 22.8 Å². The Balaban J connectivity index is 2.06. The summed E-state index contributed by atoms with van der Waals surface area (Å²) in [7, 11) is 0. The van der Waals surface area contributed by atoms with E-state index in [0.29, 0.717) is 23.5 Å². The van der Waals surface area contributed by atoms with Crippen LogP contribution in [0.15, 0.2) is 23.2 Å². The Morgan fingerprint density at radius 1 is 1.23 bits per heavy atom. The standard InChI is InChI=1S/C12H9ClF3N3O2S/c13-8-2-1-6(5-7(8)12(14,15)16)18-9(20)10(21)19-11-17-3-4-22-11/h1-2,5H,3-4H2,(H,18,20)(H,17,19,21). The van der Waals surface area contributed by atoms with Gasteiger partial charge in [-0.3, -0.25) is 19.9 Å². The Morgan fingerprint density at radius 3 is 2.50 bits per heavy atom. The van der Waals surface area contributed by atoms with Crippen LogP contribution in [0.2, 0.25) is 5.02 Å². The molecule has 0 aromatic heterocycles. The number of hydrogen-bond acceptors (Lipinski definition) is 4. The summed E-state index contributed by atoms with van der Waals surface area (Å²) in [5, 5.41) is 4.17. The molecule has 2 rings (SSSR count). The van der Waals surface area contributed by atoms with Crippen molar-refractivity contribution in [3.63, 3.8) is 0 Å². The molecule has 0 bridgehead atoms. The summed E-state index contributed by atoms with van der Waals surface area (Å²) >= 11 is 6.74. The molecule has 0 saturated heterocycles. The number of carbonyl (C=O) groups is 2. The maximum absolute atomic E-state index is 12.7. The summed E-state index contributed by atoms with van der Waals surface area (Å²) in [5.74, 6) is -1.40. The maximum Gasteiger partial charge on any atom is 0.417 e. The third kappa shape index (κ3) is 4.14. The van der Waals surface area contributed by atoms with E-state index in [9.17, 15) is 22.8 Å². The number of alkyl halides is 3. The van der Waals surface area contributed by atoms with Gasteiger partial charge >= 0.3 is 18.0 Å². The first-order valence-electron chi connectivity index (χ1n) is 5.93. The van der Waals surface area contributed by atoms with Gasteiger partial charge in [0.1, 0.15) is 0 Å². The number of carbonyl (C=O) groups excluding carboxylic acids is 2. The quantitative estimate of drug-likeness (QED) is 0.764. The molecule has 1 aromatic carbocycles. The van der Waals surface area contributed by atoms with E-state index in [1.165, 1.54) is 17.8 Å². The second-order valence-electron chi connectivity index (χ2n) is 4.14. The molecule has 1 aliphatic heterocycles. The number of anilines is 1. The van der Waals surface area contributed by atoms with Gasteiger partial charge in [0.25, 0.3) is 0 Å². The smallest absolute Gasteiger partial charge is 0.318 e. The number of nitrogens with zero attached hydrogens (tertiary/aromatic N) is 1. The molecule has 118 valence electrons. The zero-order valence-electron chi connectivity index (χ0n) is 10.8. The number of rotatable bonds is 1. The summed E-state index contributed by atoms with van der Waals surface area (Å²) in [6.07, 6.45) is -4.66. The Hall–Kier alpha value is -1.74. The van der Waals surface area contributed by atoms with Crippen LogP contribution in [0.3, 0.4) is 0 Å². The Labute approximate surface area is 132 Å². The minimum absolute atomic E-state index is 0.183. The third-order valence-electron chi connectivity index (χ3n) is 2.54. The van der Waals surface area contributed by atoms with Crippen LogP contribution >= 0.6 is 23.4 Å². The first-order valence-corrected chi connectivity index (χ1v) is 7.30. The highest BCUT2D eigenvalue weighted by Crippen LogP contribution is 2.36. The van der Waals surface area contributed by atoms with E-state index >= 15 is 0 Å².